The average molecular weight is 128 g/mol. The van der Waals surface area contributed by atoms with Crippen LogP contribution in [-0.2, 0) is 4.74 Å². The highest BCUT2D eigenvalue weighted by atomic mass is 16.5. The third-order valence-corrected chi connectivity index (χ3v) is 1.58. The quantitative estimate of drug-likeness (QED) is 0.564. The van der Waals surface area contributed by atoms with Gasteiger partial charge in [0.2, 0.25) is 0 Å². The zero-order valence-corrected chi connectivity index (χ0v) is 5.79. The van der Waals surface area contributed by atoms with Crippen molar-refractivity contribution >= 4 is 6.40 Å². The van der Waals surface area contributed by atoms with Gasteiger partial charge in [0.1, 0.15) is 6.10 Å². The maximum absolute atomic E-state index is 5.13. The van der Waals surface area contributed by atoms with Crippen LogP contribution in [0, 0.1) is 0 Å². The fourth-order valence-corrected chi connectivity index (χ4v) is 0.876. The largest absolute Gasteiger partial charge is 0.477 e. The third-order valence-electron chi connectivity index (χ3n) is 1.58. The highest BCUT2D eigenvalue weighted by molar-refractivity contribution is 5.47. The van der Waals surface area contributed by atoms with Crippen LogP contribution in [0.5, 0.6) is 0 Å². The summed E-state index contributed by atoms with van der Waals surface area (Å²) >= 11 is 0. The molecule has 0 aliphatic carbocycles. The number of nitrogens with zero attached hydrogens (tertiary/aromatic N) is 1. The molecule has 0 amide bonds. The smallest absolute Gasteiger partial charge is 0.192 e. The Kier molecular flexibility index (Phi) is 1.92. The van der Waals surface area contributed by atoms with Crippen LogP contribution >= 0.6 is 0 Å². The van der Waals surface area contributed by atoms with E-state index in [1.807, 2.05) is 6.92 Å². The molecule has 1 aliphatic heterocycles. The van der Waals surface area contributed by atoms with Gasteiger partial charge in [0.25, 0.3) is 0 Å². The lowest BCUT2D eigenvalue weighted by Gasteiger charge is -2.24. The zero-order chi connectivity index (χ0) is 6.69. The van der Waals surface area contributed by atoms with Crippen molar-refractivity contribution in [1.29, 1.82) is 0 Å². The molecule has 0 aromatic heterocycles. The van der Waals surface area contributed by atoms with Gasteiger partial charge in [-0.2, -0.15) is 0 Å². The summed E-state index contributed by atoms with van der Waals surface area (Å²) in [6.07, 6.45) is 2.77. The van der Waals surface area contributed by atoms with Gasteiger partial charge in [-0.05, 0) is 13.3 Å². The molecule has 2 atom stereocenters. The summed E-state index contributed by atoms with van der Waals surface area (Å²) in [4.78, 5) is 0. The van der Waals surface area contributed by atoms with Gasteiger partial charge in [-0.3, -0.25) is 0 Å². The Balaban J connectivity index is 2.43. The topological polar surface area (TPSA) is 33.6 Å². The highest BCUT2D eigenvalue weighted by Gasteiger charge is 2.16. The van der Waals surface area contributed by atoms with E-state index >= 15 is 0 Å². The van der Waals surface area contributed by atoms with Gasteiger partial charge in [0.15, 0.2) is 6.40 Å². The van der Waals surface area contributed by atoms with Gasteiger partial charge in [-0.1, -0.05) is 6.92 Å². The van der Waals surface area contributed by atoms with Gasteiger partial charge < -0.3 is 10.2 Å². The van der Waals surface area contributed by atoms with Crippen LogP contribution in [0.1, 0.15) is 20.3 Å². The first-order chi connectivity index (χ1) is 4.34. The molecule has 0 aromatic carbocycles. The van der Waals surface area contributed by atoms with E-state index in [1.54, 1.807) is 0 Å². The lowest BCUT2D eigenvalue weighted by Crippen LogP contribution is -2.39. The van der Waals surface area contributed by atoms with Crippen LogP contribution in [0.3, 0.4) is 0 Å². The fraction of sp³-hybridized carbons (Fsp3) is 0.833. The lowest BCUT2D eigenvalue weighted by atomic mass is 10.1. The number of rotatable bonds is 1. The molecule has 0 saturated heterocycles. The molecule has 0 spiro atoms. The molecule has 1 aliphatic rings. The van der Waals surface area contributed by atoms with Crippen LogP contribution in [0.25, 0.3) is 0 Å². The molecule has 0 aromatic rings. The molecule has 1 heterocycles. The minimum absolute atomic E-state index is 0.257. The molecule has 0 fully saturated rings. The van der Waals surface area contributed by atoms with E-state index in [0.29, 0.717) is 6.04 Å². The van der Waals surface area contributed by atoms with Crippen molar-refractivity contribution in [3.05, 3.63) is 0 Å². The van der Waals surface area contributed by atoms with Crippen molar-refractivity contribution in [2.45, 2.75) is 32.4 Å². The Morgan fingerprint density at radius 1 is 1.78 bits per heavy atom. The molecule has 3 heteroatoms. The zero-order valence-electron chi connectivity index (χ0n) is 5.79. The summed E-state index contributed by atoms with van der Waals surface area (Å²) in [5, 5.41) is 3.78. The first kappa shape index (κ1) is 6.39. The predicted molar refractivity (Wildman–Crippen MR) is 36.3 cm³/mol. The molecular weight excluding hydrogens is 116 g/mol. The molecule has 1 unspecified atom stereocenters. The first-order valence-corrected chi connectivity index (χ1v) is 3.27. The molecular formula is C6H12N2O. The van der Waals surface area contributed by atoms with E-state index in [9.17, 15) is 0 Å². The minimum atomic E-state index is 0.257. The van der Waals surface area contributed by atoms with Crippen LogP contribution in [-0.4, -0.2) is 18.5 Å². The van der Waals surface area contributed by atoms with E-state index in [0.717, 1.165) is 6.42 Å². The maximum Gasteiger partial charge on any atom is 0.192 e. The Morgan fingerprint density at radius 2 is 2.56 bits per heavy atom. The van der Waals surface area contributed by atoms with Gasteiger partial charge in [-0.25, -0.2) is 0 Å². The van der Waals surface area contributed by atoms with Crippen LogP contribution < -0.4 is 5.43 Å². The van der Waals surface area contributed by atoms with E-state index in [-0.39, 0.29) is 6.10 Å². The van der Waals surface area contributed by atoms with Gasteiger partial charge in [0.05, 0.1) is 6.04 Å². The summed E-state index contributed by atoms with van der Waals surface area (Å²) in [5.41, 5.74) is 2.96. The monoisotopic (exact) mass is 128 g/mol. The predicted octanol–water partition coefficient (Wildman–Crippen LogP) is 0.717. The van der Waals surface area contributed by atoms with Crippen LogP contribution in [0.2, 0.25) is 0 Å². The lowest BCUT2D eigenvalue weighted by molar-refractivity contribution is 0.144. The number of hydrazone groups is 1. The van der Waals surface area contributed by atoms with E-state index in [4.69, 9.17) is 4.74 Å². The maximum atomic E-state index is 5.13. The second-order valence-corrected chi connectivity index (χ2v) is 2.22. The Hall–Kier alpha value is -0.730. The van der Waals surface area contributed by atoms with Gasteiger partial charge >= 0.3 is 0 Å². The first-order valence-electron chi connectivity index (χ1n) is 3.27. The number of hydrogen-bond acceptors (Lipinski definition) is 3. The van der Waals surface area contributed by atoms with E-state index < -0.39 is 0 Å². The van der Waals surface area contributed by atoms with Crippen LogP contribution in [0.15, 0.2) is 5.10 Å². The van der Waals surface area contributed by atoms with Crippen molar-refractivity contribution in [2.24, 2.45) is 5.10 Å². The summed E-state index contributed by atoms with van der Waals surface area (Å²) in [6.45, 7) is 4.14. The summed E-state index contributed by atoms with van der Waals surface area (Å²) < 4.78 is 5.13. The Morgan fingerprint density at radius 3 is 3.00 bits per heavy atom. The van der Waals surface area contributed by atoms with Gasteiger partial charge in [0, 0.05) is 0 Å². The third kappa shape index (κ3) is 1.34. The summed E-state index contributed by atoms with van der Waals surface area (Å²) in [6, 6.07) is 0.384. The normalized spacial score (nSPS) is 33.1. The molecule has 52 valence electrons. The number of hydrogen-bond donors (Lipinski definition) is 1. The SMILES string of the molecule is CC[C@@H]1NN=COC1C. The highest BCUT2D eigenvalue weighted by Crippen LogP contribution is 2.04. The van der Waals surface area contributed by atoms with Gasteiger partial charge in [-0.15, -0.1) is 5.10 Å². The standard InChI is InChI=1S/C6H12N2O/c1-3-6-5(2)9-4-7-8-6/h4-6,8H,3H2,1-2H3/t5?,6-/m0/s1. The summed E-state index contributed by atoms with van der Waals surface area (Å²) in [7, 11) is 0. The van der Waals surface area contributed by atoms with E-state index in [1.165, 1.54) is 6.40 Å². The second kappa shape index (κ2) is 2.71. The Bertz CT molecular complexity index is 114. The van der Waals surface area contributed by atoms with Crippen molar-refractivity contribution < 1.29 is 4.74 Å². The Labute approximate surface area is 55.1 Å². The van der Waals surface area contributed by atoms with Crippen molar-refractivity contribution in [1.82, 2.24) is 5.43 Å². The molecule has 0 radical (unpaired) electrons. The van der Waals surface area contributed by atoms with Crippen molar-refractivity contribution in [3.63, 3.8) is 0 Å². The molecule has 0 bridgehead atoms. The van der Waals surface area contributed by atoms with Crippen molar-refractivity contribution in [3.8, 4) is 0 Å². The molecule has 3 nitrogen and oxygen atoms in total. The minimum Gasteiger partial charge on any atom is -0.477 e. The van der Waals surface area contributed by atoms with Crippen molar-refractivity contribution in [2.75, 3.05) is 0 Å². The number of nitrogens with one attached hydrogen (secondary N) is 1. The molecule has 9 heavy (non-hydrogen) atoms. The summed E-state index contributed by atoms with van der Waals surface area (Å²) in [5.74, 6) is 0. The van der Waals surface area contributed by atoms with E-state index in [2.05, 4.69) is 17.5 Å². The average Bonchev–Trinajstić information content (AvgIpc) is 1.89. The van der Waals surface area contributed by atoms with Crippen LogP contribution in [0.4, 0.5) is 0 Å². The molecule has 0 saturated carbocycles. The molecule has 1 rings (SSSR count). The number of ether oxygens (including phenoxy) is 1. The molecule has 1 N–H and O–H groups in total. The fourth-order valence-electron chi connectivity index (χ4n) is 0.876. The second-order valence-electron chi connectivity index (χ2n) is 2.22.